The van der Waals surface area contributed by atoms with Crippen LogP contribution in [0.1, 0.15) is 27.7 Å². The van der Waals surface area contributed by atoms with Gasteiger partial charge in [0, 0.05) is 24.7 Å². The molecule has 0 amide bonds. The summed E-state index contributed by atoms with van der Waals surface area (Å²) in [5, 5.41) is 1.94. The van der Waals surface area contributed by atoms with Crippen LogP contribution < -0.4 is 4.74 Å². The van der Waals surface area contributed by atoms with E-state index in [0.717, 1.165) is 17.9 Å². The zero-order chi connectivity index (χ0) is 15.5. The number of carbonyl (C=O) groups excluding carboxylic acids is 1. The molecular weight excluding hydrogens is 298 g/mol. The molecule has 1 atom stereocenters. The summed E-state index contributed by atoms with van der Waals surface area (Å²) < 4.78 is 10.7. The molecule has 1 aromatic carbocycles. The van der Waals surface area contributed by atoms with E-state index >= 15 is 0 Å². The Morgan fingerprint density at radius 1 is 1.41 bits per heavy atom. The van der Waals surface area contributed by atoms with Crippen LogP contribution in [0.25, 0.3) is 0 Å². The van der Waals surface area contributed by atoms with E-state index in [-0.39, 0.29) is 12.0 Å². The quantitative estimate of drug-likeness (QED) is 0.814. The second-order valence-corrected chi connectivity index (χ2v) is 6.36. The third kappa shape index (κ3) is 3.00. The lowest BCUT2D eigenvalue weighted by Gasteiger charge is -2.26. The molecule has 0 bridgehead atoms. The van der Waals surface area contributed by atoms with Gasteiger partial charge in [-0.2, -0.15) is 0 Å². The van der Waals surface area contributed by atoms with Gasteiger partial charge in [-0.15, -0.1) is 11.3 Å². The highest BCUT2D eigenvalue weighted by molar-refractivity contribution is 7.12. The maximum atomic E-state index is 11.8. The number of carbonyl (C=O) groups is 1. The van der Waals surface area contributed by atoms with Crippen LogP contribution in [-0.2, 0) is 17.8 Å². The van der Waals surface area contributed by atoms with Crippen LogP contribution in [0, 0.1) is 0 Å². The highest BCUT2D eigenvalue weighted by atomic mass is 32.1. The number of hydrogen-bond acceptors (Lipinski definition) is 5. The van der Waals surface area contributed by atoms with Crippen molar-refractivity contribution in [1.82, 2.24) is 4.90 Å². The number of benzene rings is 1. The fourth-order valence-corrected chi connectivity index (χ4v) is 3.46. The lowest BCUT2D eigenvalue weighted by molar-refractivity contribution is 0.0603. The zero-order valence-electron chi connectivity index (χ0n) is 12.7. The summed E-state index contributed by atoms with van der Waals surface area (Å²) in [6.45, 7) is 4.32. The summed E-state index contributed by atoms with van der Waals surface area (Å²) in [5.41, 5.74) is 2.20. The first-order valence-corrected chi connectivity index (χ1v) is 8.16. The molecule has 4 nitrogen and oxygen atoms in total. The minimum atomic E-state index is -0.260. The van der Waals surface area contributed by atoms with Crippen LogP contribution in [0.3, 0.4) is 0 Å². The van der Waals surface area contributed by atoms with Crippen LogP contribution >= 0.6 is 11.3 Å². The van der Waals surface area contributed by atoms with Crippen molar-refractivity contribution in [3.05, 3.63) is 51.7 Å². The van der Waals surface area contributed by atoms with Crippen LogP contribution in [0.5, 0.6) is 5.75 Å². The number of fused-ring (bicyclic) bond motifs is 1. The van der Waals surface area contributed by atoms with Crippen LogP contribution in [-0.4, -0.2) is 30.6 Å². The van der Waals surface area contributed by atoms with Gasteiger partial charge in [0.05, 0.1) is 7.11 Å². The molecule has 1 aromatic heterocycles. The first-order valence-electron chi connectivity index (χ1n) is 7.28. The second-order valence-electron chi connectivity index (χ2n) is 5.44. The molecule has 1 aliphatic heterocycles. The van der Waals surface area contributed by atoms with E-state index in [0.29, 0.717) is 18.0 Å². The summed E-state index contributed by atoms with van der Waals surface area (Å²) in [7, 11) is 1.42. The first kappa shape index (κ1) is 15.1. The van der Waals surface area contributed by atoms with Crippen molar-refractivity contribution in [2.75, 3.05) is 13.7 Å². The minimum absolute atomic E-state index is 0.260. The van der Waals surface area contributed by atoms with Crippen molar-refractivity contribution < 1.29 is 14.3 Å². The van der Waals surface area contributed by atoms with Crippen LogP contribution in [0.15, 0.2) is 35.7 Å². The topological polar surface area (TPSA) is 38.8 Å². The molecule has 0 saturated heterocycles. The average molecular weight is 317 g/mol. The van der Waals surface area contributed by atoms with E-state index in [1.807, 2.05) is 29.6 Å². The van der Waals surface area contributed by atoms with Gasteiger partial charge in [-0.3, -0.25) is 4.90 Å². The molecule has 22 heavy (non-hydrogen) atoms. The highest BCUT2D eigenvalue weighted by Crippen LogP contribution is 2.27. The Hall–Kier alpha value is -1.85. The third-order valence-corrected chi connectivity index (χ3v) is 4.88. The number of nitrogens with zero attached hydrogens (tertiary/aromatic N) is 1. The Bertz CT molecular complexity index is 667. The van der Waals surface area contributed by atoms with Gasteiger partial charge in [0.2, 0.25) is 0 Å². The smallest absolute Gasteiger partial charge is 0.348 e. The Morgan fingerprint density at radius 3 is 3.05 bits per heavy atom. The Morgan fingerprint density at radius 2 is 2.23 bits per heavy atom. The predicted octanol–water partition coefficient (Wildman–Crippen LogP) is 3.32. The summed E-state index contributed by atoms with van der Waals surface area (Å²) >= 11 is 1.43. The van der Waals surface area contributed by atoms with Crippen molar-refractivity contribution in [3.63, 3.8) is 0 Å². The van der Waals surface area contributed by atoms with Crippen LogP contribution in [0.4, 0.5) is 0 Å². The van der Waals surface area contributed by atoms with Crippen molar-refractivity contribution in [2.24, 2.45) is 0 Å². The standard InChI is InChI=1S/C17H19NO3S/c1-12-11-21-15-6-4-3-5-13(15)9-18(12)10-14-7-8-22-16(14)17(19)20-2/h3-8,12H,9-11H2,1-2H3/t12-/m0/s1. The van der Waals surface area contributed by atoms with Gasteiger partial charge in [0.1, 0.15) is 17.2 Å². The van der Waals surface area contributed by atoms with E-state index in [9.17, 15) is 4.79 Å². The van der Waals surface area contributed by atoms with Crippen LogP contribution in [0.2, 0.25) is 0 Å². The van der Waals surface area contributed by atoms with Gasteiger partial charge < -0.3 is 9.47 Å². The zero-order valence-corrected chi connectivity index (χ0v) is 13.6. The van der Waals surface area contributed by atoms with E-state index in [2.05, 4.69) is 17.9 Å². The summed E-state index contributed by atoms with van der Waals surface area (Å²) in [6.07, 6.45) is 0. The number of methoxy groups -OCH3 is 1. The Kier molecular flexibility index (Phi) is 4.45. The van der Waals surface area contributed by atoms with Gasteiger partial charge in [-0.25, -0.2) is 4.79 Å². The molecule has 116 valence electrons. The van der Waals surface area contributed by atoms with E-state index < -0.39 is 0 Å². The largest absolute Gasteiger partial charge is 0.492 e. The summed E-state index contributed by atoms with van der Waals surface area (Å²) in [5.74, 6) is 0.694. The molecule has 0 unspecified atom stereocenters. The average Bonchev–Trinajstić information content (AvgIpc) is 2.94. The van der Waals surface area contributed by atoms with Gasteiger partial charge in [-0.1, -0.05) is 18.2 Å². The van der Waals surface area contributed by atoms with E-state index in [1.54, 1.807) is 0 Å². The first-order chi connectivity index (χ1) is 10.7. The molecule has 5 heteroatoms. The Labute approximate surface area is 134 Å². The normalized spacial score (nSPS) is 18.2. The molecule has 0 fully saturated rings. The summed E-state index contributed by atoms with van der Waals surface area (Å²) in [4.78, 5) is 14.9. The molecular formula is C17H19NO3S. The molecule has 0 aliphatic carbocycles. The van der Waals surface area contributed by atoms with Gasteiger partial charge in [-0.05, 0) is 30.0 Å². The number of para-hydroxylation sites is 1. The lowest BCUT2D eigenvalue weighted by atomic mass is 10.1. The van der Waals surface area contributed by atoms with Crippen molar-refractivity contribution >= 4 is 17.3 Å². The maximum Gasteiger partial charge on any atom is 0.348 e. The van der Waals surface area contributed by atoms with Crippen molar-refractivity contribution in [2.45, 2.75) is 26.1 Å². The molecule has 2 heterocycles. The maximum absolute atomic E-state index is 11.8. The molecule has 0 spiro atoms. The number of thiophene rings is 1. The fraction of sp³-hybridized carbons (Fsp3) is 0.353. The molecule has 3 rings (SSSR count). The lowest BCUT2D eigenvalue weighted by Crippen LogP contribution is -2.34. The minimum Gasteiger partial charge on any atom is -0.492 e. The monoisotopic (exact) mass is 317 g/mol. The second kappa shape index (κ2) is 6.50. The SMILES string of the molecule is COC(=O)c1sccc1CN1Cc2ccccc2OC[C@@H]1C. The van der Waals surface area contributed by atoms with E-state index in [1.165, 1.54) is 24.0 Å². The molecule has 0 radical (unpaired) electrons. The highest BCUT2D eigenvalue weighted by Gasteiger charge is 2.23. The summed E-state index contributed by atoms with van der Waals surface area (Å²) in [6, 6.07) is 10.4. The number of rotatable bonds is 3. The molecule has 2 aromatic rings. The van der Waals surface area contributed by atoms with Gasteiger partial charge in [0.15, 0.2) is 0 Å². The van der Waals surface area contributed by atoms with Gasteiger partial charge in [0.25, 0.3) is 0 Å². The predicted molar refractivity (Wildman–Crippen MR) is 86.3 cm³/mol. The van der Waals surface area contributed by atoms with Crippen molar-refractivity contribution in [1.29, 1.82) is 0 Å². The number of hydrogen-bond donors (Lipinski definition) is 0. The molecule has 1 aliphatic rings. The fourth-order valence-electron chi connectivity index (χ4n) is 2.63. The van der Waals surface area contributed by atoms with Gasteiger partial charge >= 0.3 is 5.97 Å². The Balaban J connectivity index is 1.82. The number of esters is 1. The number of ether oxygens (including phenoxy) is 2. The van der Waals surface area contributed by atoms with Crippen molar-refractivity contribution in [3.8, 4) is 5.75 Å². The third-order valence-electron chi connectivity index (χ3n) is 3.94. The molecule has 0 saturated carbocycles. The molecule has 0 N–H and O–H groups in total. The van der Waals surface area contributed by atoms with E-state index in [4.69, 9.17) is 9.47 Å².